The number of alkyl halides is 3. The highest BCUT2D eigenvalue weighted by molar-refractivity contribution is 8.04. The summed E-state index contributed by atoms with van der Waals surface area (Å²) in [4.78, 5) is 38.2. The van der Waals surface area contributed by atoms with Crippen molar-refractivity contribution in [1.29, 1.82) is 0 Å². The minimum Gasteiger partial charge on any atom is -0.324 e. The molecule has 1 N–H and O–H groups in total. The number of amides is 2. The number of hydrogen-bond donors (Lipinski definition) is 1. The molecule has 1 aliphatic heterocycles. The van der Waals surface area contributed by atoms with Crippen molar-refractivity contribution in [2.75, 3.05) is 11.1 Å². The maximum absolute atomic E-state index is 12.6. The van der Waals surface area contributed by atoms with Crippen LogP contribution in [-0.2, 0) is 20.6 Å². The summed E-state index contributed by atoms with van der Waals surface area (Å²) in [7, 11) is 0. The van der Waals surface area contributed by atoms with Crippen molar-refractivity contribution in [2.45, 2.75) is 39.9 Å². The fourth-order valence-electron chi connectivity index (χ4n) is 2.35. The molecule has 0 aromatic heterocycles. The van der Waals surface area contributed by atoms with E-state index in [4.69, 9.17) is 0 Å². The van der Waals surface area contributed by atoms with Crippen LogP contribution in [0.4, 0.5) is 18.9 Å². The predicted octanol–water partition coefficient (Wildman–Crippen LogP) is 4.06. The van der Waals surface area contributed by atoms with E-state index in [1.807, 2.05) is 0 Å². The lowest BCUT2D eigenvalue weighted by Gasteiger charge is -2.25. The van der Waals surface area contributed by atoms with E-state index >= 15 is 0 Å². The summed E-state index contributed by atoms with van der Waals surface area (Å²) in [5, 5.41) is 2.89. The van der Waals surface area contributed by atoms with E-state index in [1.54, 1.807) is 20.8 Å². The van der Waals surface area contributed by atoms with Gasteiger partial charge in [-0.25, -0.2) is 0 Å². The van der Waals surface area contributed by atoms with Crippen LogP contribution in [0.2, 0.25) is 0 Å². The van der Waals surface area contributed by atoms with Gasteiger partial charge in [-0.1, -0.05) is 32.5 Å². The van der Waals surface area contributed by atoms with E-state index in [-0.39, 0.29) is 23.1 Å². The van der Waals surface area contributed by atoms with Crippen LogP contribution in [0, 0.1) is 5.41 Å². The molecule has 9 heteroatoms. The zero-order valence-corrected chi connectivity index (χ0v) is 16.7. The molecule has 0 spiro atoms. The summed E-state index contributed by atoms with van der Waals surface area (Å²) in [5.41, 5.74) is -1.27. The van der Waals surface area contributed by atoms with Gasteiger partial charge in [0.25, 0.3) is 0 Å². The molecule has 1 aromatic carbocycles. The molecule has 1 aliphatic rings. The van der Waals surface area contributed by atoms with Gasteiger partial charge in [-0.2, -0.15) is 13.2 Å². The zero-order valence-electron chi connectivity index (χ0n) is 15.9. The molecule has 1 heterocycles. The number of benzene rings is 1. The maximum atomic E-state index is 12.6. The second kappa shape index (κ2) is 7.98. The minimum atomic E-state index is -4.46. The van der Waals surface area contributed by atoms with Gasteiger partial charge in [0.2, 0.25) is 11.8 Å². The van der Waals surface area contributed by atoms with E-state index in [2.05, 4.69) is 5.32 Å². The predicted molar refractivity (Wildman–Crippen MR) is 101 cm³/mol. The highest BCUT2D eigenvalue weighted by Gasteiger charge is 2.36. The number of carbonyl (C=O) groups excluding carboxylic acids is 3. The molecule has 28 heavy (non-hydrogen) atoms. The standard InChI is InChI=1S/C19H21F3N2O3S/c1-11(17(27)23-13-7-5-12(6-8-13)19(20,21)22)24-15(26)10-28-16(24)9-14(25)18(2,3)4/h5-9,11H,10H2,1-4H3,(H,23,27)/b16-9-/t11-/m1/s1. The second-order valence-corrected chi connectivity index (χ2v) is 8.39. The monoisotopic (exact) mass is 414 g/mol. The number of halogens is 3. The number of nitrogens with zero attached hydrogens (tertiary/aromatic N) is 1. The van der Waals surface area contributed by atoms with Crippen molar-refractivity contribution in [3.05, 3.63) is 40.9 Å². The lowest BCUT2D eigenvalue weighted by molar-refractivity contribution is -0.137. The Bertz CT molecular complexity index is 811. The second-order valence-electron chi connectivity index (χ2n) is 7.39. The topological polar surface area (TPSA) is 66.5 Å². The Kier molecular flexibility index (Phi) is 6.27. The highest BCUT2D eigenvalue weighted by Crippen LogP contribution is 2.33. The number of allylic oxidation sites excluding steroid dienone is 1. The van der Waals surface area contributed by atoms with Crippen LogP contribution in [0.5, 0.6) is 0 Å². The molecule has 152 valence electrons. The number of rotatable bonds is 4. The first-order valence-corrected chi connectivity index (χ1v) is 9.48. The van der Waals surface area contributed by atoms with Gasteiger partial charge >= 0.3 is 6.18 Å². The molecule has 1 atom stereocenters. The molecule has 0 unspecified atom stereocenters. The molecular formula is C19H21F3N2O3S. The van der Waals surface area contributed by atoms with Crippen LogP contribution in [0.1, 0.15) is 33.3 Å². The van der Waals surface area contributed by atoms with Gasteiger partial charge in [-0.05, 0) is 31.2 Å². The van der Waals surface area contributed by atoms with Crippen LogP contribution < -0.4 is 5.32 Å². The number of hydrogen-bond acceptors (Lipinski definition) is 4. The third-order valence-electron chi connectivity index (χ3n) is 4.09. The van der Waals surface area contributed by atoms with Crippen molar-refractivity contribution in [2.24, 2.45) is 5.41 Å². The van der Waals surface area contributed by atoms with Gasteiger partial charge in [0, 0.05) is 17.2 Å². The van der Waals surface area contributed by atoms with Crippen LogP contribution in [0.15, 0.2) is 35.4 Å². The summed E-state index contributed by atoms with van der Waals surface area (Å²) in [6.45, 7) is 6.75. The van der Waals surface area contributed by atoms with Crippen LogP contribution in [0.3, 0.4) is 0 Å². The normalized spacial score (nSPS) is 17.8. The van der Waals surface area contributed by atoms with Crippen LogP contribution in [-0.4, -0.2) is 34.3 Å². The number of carbonyl (C=O) groups is 3. The van der Waals surface area contributed by atoms with E-state index < -0.39 is 29.1 Å². The Labute approximate surface area is 165 Å². The Hall–Kier alpha value is -2.29. The smallest absolute Gasteiger partial charge is 0.324 e. The van der Waals surface area contributed by atoms with Gasteiger partial charge in [0.05, 0.1) is 16.3 Å². The van der Waals surface area contributed by atoms with Crippen LogP contribution in [0.25, 0.3) is 0 Å². The molecular weight excluding hydrogens is 393 g/mol. The summed E-state index contributed by atoms with van der Waals surface area (Å²) < 4.78 is 37.9. The Morgan fingerprint density at radius 3 is 2.25 bits per heavy atom. The fourth-order valence-corrected chi connectivity index (χ4v) is 3.35. The molecule has 0 aliphatic carbocycles. The Morgan fingerprint density at radius 1 is 1.18 bits per heavy atom. The first-order valence-electron chi connectivity index (χ1n) is 8.50. The summed E-state index contributed by atoms with van der Waals surface area (Å²) >= 11 is 1.17. The lowest BCUT2D eigenvalue weighted by Crippen LogP contribution is -2.42. The average Bonchev–Trinajstić information content (AvgIpc) is 2.93. The van der Waals surface area contributed by atoms with Crippen molar-refractivity contribution in [1.82, 2.24) is 4.90 Å². The summed E-state index contributed by atoms with van der Waals surface area (Å²) in [5.74, 6) is -0.941. The average molecular weight is 414 g/mol. The molecule has 2 rings (SSSR count). The third kappa shape index (κ3) is 5.15. The quantitative estimate of drug-likeness (QED) is 0.755. The maximum Gasteiger partial charge on any atom is 0.416 e. The lowest BCUT2D eigenvalue weighted by atomic mass is 9.91. The van der Waals surface area contributed by atoms with Crippen molar-refractivity contribution in [3.63, 3.8) is 0 Å². The molecule has 0 bridgehead atoms. The largest absolute Gasteiger partial charge is 0.416 e. The molecule has 5 nitrogen and oxygen atoms in total. The highest BCUT2D eigenvalue weighted by atomic mass is 32.2. The van der Waals surface area contributed by atoms with Crippen molar-refractivity contribution >= 4 is 35.0 Å². The van der Waals surface area contributed by atoms with Crippen LogP contribution >= 0.6 is 11.8 Å². The molecule has 2 amide bonds. The Morgan fingerprint density at radius 2 is 1.75 bits per heavy atom. The summed E-state index contributed by atoms with van der Waals surface area (Å²) in [6.07, 6.45) is -3.11. The third-order valence-corrected chi connectivity index (χ3v) is 5.09. The van der Waals surface area contributed by atoms with Crippen molar-refractivity contribution < 1.29 is 27.6 Å². The van der Waals surface area contributed by atoms with Gasteiger partial charge < -0.3 is 5.32 Å². The number of thioether (sulfide) groups is 1. The number of ketones is 1. The molecule has 0 radical (unpaired) electrons. The fraction of sp³-hybridized carbons (Fsp3) is 0.421. The van der Waals surface area contributed by atoms with Gasteiger partial charge in [-0.3, -0.25) is 19.3 Å². The molecule has 1 aromatic rings. The first-order chi connectivity index (χ1) is 12.8. The molecule has 1 fully saturated rings. The van der Waals surface area contributed by atoms with E-state index in [9.17, 15) is 27.6 Å². The minimum absolute atomic E-state index is 0.112. The SMILES string of the molecule is C[C@H](C(=O)Nc1ccc(C(F)(F)F)cc1)N1C(=O)CS/C1=C\C(=O)C(C)(C)C. The van der Waals surface area contributed by atoms with E-state index in [0.717, 1.165) is 24.3 Å². The number of nitrogens with one attached hydrogen (secondary N) is 1. The van der Waals surface area contributed by atoms with Crippen molar-refractivity contribution in [3.8, 4) is 0 Å². The van der Waals surface area contributed by atoms with Gasteiger partial charge in [-0.15, -0.1) is 0 Å². The van der Waals surface area contributed by atoms with E-state index in [0.29, 0.717) is 5.03 Å². The zero-order chi connectivity index (χ0) is 21.3. The van der Waals surface area contributed by atoms with E-state index in [1.165, 1.54) is 29.7 Å². The van der Waals surface area contributed by atoms with Gasteiger partial charge in [0.15, 0.2) is 5.78 Å². The molecule has 1 saturated heterocycles. The van der Waals surface area contributed by atoms with Gasteiger partial charge in [0.1, 0.15) is 6.04 Å². The molecule has 0 saturated carbocycles. The number of anilines is 1. The Balaban J connectivity index is 2.15. The first kappa shape index (κ1) is 22.0. The summed E-state index contributed by atoms with van der Waals surface area (Å²) in [6, 6.07) is 3.10.